The van der Waals surface area contributed by atoms with Crippen molar-refractivity contribution < 1.29 is 13.2 Å². The van der Waals surface area contributed by atoms with E-state index in [4.69, 9.17) is 0 Å². The average Bonchev–Trinajstić information content (AvgIpc) is 2.61. The number of rotatable bonds is 1. The van der Waals surface area contributed by atoms with Gasteiger partial charge in [0, 0.05) is 19.5 Å². The average molecular weight is 233 g/mol. The van der Waals surface area contributed by atoms with Gasteiger partial charge in [0.1, 0.15) is 0 Å². The molecule has 0 saturated carbocycles. The van der Waals surface area contributed by atoms with E-state index in [1.807, 2.05) is 0 Å². The van der Waals surface area contributed by atoms with E-state index in [1.54, 1.807) is 7.05 Å². The van der Waals surface area contributed by atoms with E-state index in [0.29, 0.717) is 12.2 Å². The number of nitrogens with zero attached hydrogens (tertiary/aromatic N) is 2. The smallest absolute Gasteiger partial charge is 0.316 e. The molecule has 1 aliphatic rings. The van der Waals surface area contributed by atoms with Gasteiger partial charge >= 0.3 is 6.18 Å². The molecule has 0 aromatic carbocycles. The van der Waals surface area contributed by atoms with Crippen LogP contribution in [0.4, 0.5) is 13.2 Å². The number of hydrogen-bond acceptors (Lipinski definition) is 2. The number of halogens is 3. The molecule has 90 valence electrons. The second-order valence-corrected chi connectivity index (χ2v) is 4.11. The maximum absolute atomic E-state index is 12.7. The minimum Gasteiger partial charge on any atom is -0.316 e. The Hall–Kier alpha value is -1.04. The van der Waals surface area contributed by atoms with Gasteiger partial charge in [-0.15, -0.1) is 0 Å². The summed E-state index contributed by atoms with van der Waals surface area (Å²) in [6, 6.07) is 0. The third-order valence-corrected chi connectivity index (χ3v) is 2.97. The summed E-state index contributed by atoms with van der Waals surface area (Å²) in [5, 5.41) is 6.85. The fourth-order valence-electron chi connectivity index (χ4n) is 2.23. The number of aromatic nitrogens is 2. The van der Waals surface area contributed by atoms with Crippen LogP contribution < -0.4 is 5.32 Å². The number of alkyl halides is 3. The fraction of sp³-hybridized carbons (Fsp3) is 0.700. The molecule has 1 unspecified atom stereocenters. The van der Waals surface area contributed by atoms with Gasteiger partial charge in [0.25, 0.3) is 0 Å². The molecule has 3 nitrogen and oxygen atoms in total. The van der Waals surface area contributed by atoms with Gasteiger partial charge in [-0.3, -0.25) is 4.68 Å². The zero-order valence-electron chi connectivity index (χ0n) is 9.01. The Morgan fingerprint density at radius 3 is 2.81 bits per heavy atom. The van der Waals surface area contributed by atoms with Crippen molar-refractivity contribution in [1.29, 1.82) is 0 Å². The lowest BCUT2D eigenvalue weighted by Crippen LogP contribution is -2.30. The van der Waals surface area contributed by atoms with Crippen LogP contribution in [0.3, 0.4) is 0 Å². The fourth-order valence-corrected chi connectivity index (χ4v) is 2.23. The molecule has 1 fully saturated rings. The standard InChI is InChI=1S/C10H14F3N3/c1-16-9(7-3-2-4-14-5-7)8(6-15-16)10(11,12)13/h6-7,14H,2-5H2,1H3. The molecule has 0 spiro atoms. The van der Waals surface area contributed by atoms with Crippen molar-refractivity contribution >= 4 is 0 Å². The molecular weight excluding hydrogens is 219 g/mol. The number of aryl methyl sites for hydroxylation is 1. The van der Waals surface area contributed by atoms with E-state index < -0.39 is 11.7 Å². The molecular formula is C10H14F3N3. The Balaban J connectivity index is 2.34. The summed E-state index contributed by atoms with van der Waals surface area (Å²) in [6.07, 6.45) is -1.69. The molecule has 0 bridgehead atoms. The summed E-state index contributed by atoms with van der Waals surface area (Å²) in [5.74, 6) is -0.0853. The normalized spacial score (nSPS) is 22.4. The Morgan fingerprint density at radius 2 is 2.25 bits per heavy atom. The lowest BCUT2D eigenvalue weighted by Gasteiger charge is -2.24. The summed E-state index contributed by atoms with van der Waals surface area (Å²) >= 11 is 0. The van der Waals surface area contributed by atoms with Gasteiger partial charge in [0.05, 0.1) is 17.5 Å². The molecule has 2 heterocycles. The Labute approximate surface area is 91.6 Å². The van der Waals surface area contributed by atoms with Gasteiger partial charge < -0.3 is 5.32 Å². The topological polar surface area (TPSA) is 29.9 Å². The van der Waals surface area contributed by atoms with Crippen LogP contribution in [0.1, 0.15) is 30.0 Å². The van der Waals surface area contributed by atoms with E-state index in [9.17, 15) is 13.2 Å². The Kier molecular flexibility index (Phi) is 2.92. The lowest BCUT2D eigenvalue weighted by atomic mass is 9.93. The first-order valence-electron chi connectivity index (χ1n) is 5.30. The van der Waals surface area contributed by atoms with Crippen molar-refractivity contribution in [3.05, 3.63) is 17.5 Å². The quantitative estimate of drug-likeness (QED) is 0.803. The third-order valence-electron chi connectivity index (χ3n) is 2.97. The molecule has 1 atom stereocenters. The van der Waals surface area contributed by atoms with Crippen LogP contribution >= 0.6 is 0 Å². The largest absolute Gasteiger partial charge is 0.419 e. The molecule has 0 amide bonds. The van der Waals surface area contributed by atoms with Crippen molar-refractivity contribution in [3.63, 3.8) is 0 Å². The van der Waals surface area contributed by atoms with Gasteiger partial charge in [-0.1, -0.05) is 0 Å². The SMILES string of the molecule is Cn1ncc(C(F)(F)F)c1C1CCCNC1. The van der Waals surface area contributed by atoms with Crippen LogP contribution in [0.25, 0.3) is 0 Å². The van der Waals surface area contributed by atoms with Crippen LogP contribution in [-0.2, 0) is 13.2 Å². The molecule has 0 radical (unpaired) electrons. The minimum atomic E-state index is -4.30. The molecule has 1 aromatic rings. The van der Waals surface area contributed by atoms with Gasteiger partial charge in [0.2, 0.25) is 0 Å². The van der Waals surface area contributed by atoms with Gasteiger partial charge in [-0.2, -0.15) is 18.3 Å². The first kappa shape index (κ1) is 11.4. The molecule has 0 aliphatic carbocycles. The second kappa shape index (κ2) is 4.08. The van der Waals surface area contributed by atoms with Gasteiger partial charge in [-0.25, -0.2) is 0 Å². The Bertz CT molecular complexity index is 364. The summed E-state index contributed by atoms with van der Waals surface area (Å²) in [6.45, 7) is 1.48. The molecule has 1 N–H and O–H groups in total. The molecule has 2 rings (SSSR count). The highest BCUT2D eigenvalue weighted by Crippen LogP contribution is 2.36. The highest BCUT2D eigenvalue weighted by Gasteiger charge is 2.38. The van der Waals surface area contributed by atoms with Crippen LogP contribution in [0, 0.1) is 0 Å². The first-order valence-corrected chi connectivity index (χ1v) is 5.30. The summed E-state index contributed by atoms with van der Waals surface area (Å²) < 4.78 is 39.6. The van der Waals surface area contributed by atoms with Gasteiger partial charge in [0.15, 0.2) is 0 Å². The predicted molar refractivity (Wildman–Crippen MR) is 53.1 cm³/mol. The third kappa shape index (κ3) is 2.07. The summed E-state index contributed by atoms with van der Waals surface area (Å²) in [4.78, 5) is 0. The van der Waals surface area contributed by atoms with E-state index in [0.717, 1.165) is 25.6 Å². The minimum absolute atomic E-state index is 0.0853. The van der Waals surface area contributed by atoms with Crippen molar-refractivity contribution in [3.8, 4) is 0 Å². The molecule has 16 heavy (non-hydrogen) atoms. The zero-order valence-corrected chi connectivity index (χ0v) is 9.01. The molecule has 1 saturated heterocycles. The maximum atomic E-state index is 12.7. The Morgan fingerprint density at radius 1 is 1.50 bits per heavy atom. The van der Waals surface area contributed by atoms with Crippen molar-refractivity contribution in [2.45, 2.75) is 24.9 Å². The molecule has 6 heteroatoms. The number of hydrogen-bond donors (Lipinski definition) is 1. The monoisotopic (exact) mass is 233 g/mol. The highest BCUT2D eigenvalue weighted by atomic mass is 19.4. The molecule has 1 aromatic heterocycles. The number of piperidine rings is 1. The predicted octanol–water partition coefficient (Wildman–Crippen LogP) is 1.91. The van der Waals surface area contributed by atoms with Gasteiger partial charge in [-0.05, 0) is 19.4 Å². The van der Waals surface area contributed by atoms with E-state index in [-0.39, 0.29) is 5.92 Å². The van der Waals surface area contributed by atoms with Crippen molar-refractivity contribution in [2.75, 3.05) is 13.1 Å². The highest BCUT2D eigenvalue weighted by molar-refractivity contribution is 5.25. The summed E-state index contributed by atoms with van der Waals surface area (Å²) in [7, 11) is 1.57. The summed E-state index contributed by atoms with van der Waals surface area (Å²) in [5.41, 5.74) is -0.289. The van der Waals surface area contributed by atoms with Crippen molar-refractivity contribution in [1.82, 2.24) is 15.1 Å². The molecule has 1 aliphatic heterocycles. The lowest BCUT2D eigenvalue weighted by molar-refractivity contribution is -0.138. The van der Waals surface area contributed by atoms with Crippen LogP contribution in [-0.4, -0.2) is 22.9 Å². The zero-order chi connectivity index (χ0) is 11.8. The van der Waals surface area contributed by atoms with Crippen LogP contribution in [0.2, 0.25) is 0 Å². The van der Waals surface area contributed by atoms with Crippen LogP contribution in [0.5, 0.6) is 0 Å². The van der Waals surface area contributed by atoms with Crippen molar-refractivity contribution in [2.24, 2.45) is 7.05 Å². The maximum Gasteiger partial charge on any atom is 0.419 e. The first-order chi connectivity index (χ1) is 7.50. The van der Waals surface area contributed by atoms with E-state index >= 15 is 0 Å². The van der Waals surface area contributed by atoms with E-state index in [1.165, 1.54) is 4.68 Å². The van der Waals surface area contributed by atoms with E-state index in [2.05, 4.69) is 10.4 Å². The second-order valence-electron chi connectivity index (χ2n) is 4.11. The van der Waals surface area contributed by atoms with Crippen LogP contribution in [0.15, 0.2) is 6.20 Å². The number of nitrogens with one attached hydrogen (secondary N) is 1.